The average Bonchev–Trinajstić information content (AvgIpc) is 2.67. The lowest BCUT2D eigenvalue weighted by atomic mass is 9.83. The first-order chi connectivity index (χ1) is 13.8. The summed E-state index contributed by atoms with van der Waals surface area (Å²) in [5, 5.41) is 0. The summed E-state index contributed by atoms with van der Waals surface area (Å²) in [5.74, 6) is -1.35. The van der Waals surface area contributed by atoms with E-state index in [4.69, 9.17) is 9.47 Å². The lowest BCUT2D eigenvalue weighted by molar-refractivity contribution is -0.151. The second-order valence-corrected chi connectivity index (χ2v) is 7.65. The third kappa shape index (κ3) is 4.74. The van der Waals surface area contributed by atoms with E-state index in [1.165, 1.54) is 13.2 Å². The molecule has 1 aliphatic heterocycles. The van der Waals surface area contributed by atoms with Crippen molar-refractivity contribution in [2.24, 2.45) is 11.8 Å². The first-order valence-electron chi connectivity index (χ1n) is 9.66. The van der Waals surface area contributed by atoms with Crippen molar-refractivity contribution in [3.63, 3.8) is 0 Å². The molecule has 0 saturated carbocycles. The summed E-state index contributed by atoms with van der Waals surface area (Å²) in [7, 11) is 1.38. The van der Waals surface area contributed by atoms with Crippen LogP contribution in [0.25, 0.3) is 6.08 Å². The minimum absolute atomic E-state index is 0.0473. The number of likely N-dealkylation sites (tertiary alicyclic amines) is 1. The smallest absolute Gasteiger partial charge is 0.311 e. The number of esters is 1. The number of hydrogen-bond donors (Lipinski definition) is 0. The van der Waals surface area contributed by atoms with E-state index in [-0.39, 0.29) is 23.6 Å². The van der Waals surface area contributed by atoms with Gasteiger partial charge in [0.05, 0.1) is 19.7 Å². The number of methoxy groups -OCH3 is 1. The Labute approximate surface area is 167 Å². The molecule has 0 spiro atoms. The van der Waals surface area contributed by atoms with Crippen molar-refractivity contribution in [3.8, 4) is 5.75 Å². The molecule has 1 aliphatic carbocycles. The van der Waals surface area contributed by atoms with Crippen LogP contribution in [-0.2, 0) is 16.0 Å². The van der Waals surface area contributed by atoms with Gasteiger partial charge in [0.25, 0.3) is 6.36 Å². The zero-order chi connectivity index (χ0) is 21.1. The van der Waals surface area contributed by atoms with Crippen LogP contribution in [0.3, 0.4) is 0 Å². The number of fused-ring (bicyclic) bond motifs is 1. The normalized spacial score (nSPS) is 21.6. The van der Waals surface area contributed by atoms with Crippen molar-refractivity contribution in [1.29, 1.82) is 0 Å². The van der Waals surface area contributed by atoms with Gasteiger partial charge in [0, 0.05) is 26.1 Å². The second kappa shape index (κ2) is 9.15. The fraction of sp³-hybridized carbons (Fsp3) is 0.571. The number of carbonyl (C=O) groups excluding carboxylic acids is 1. The first kappa shape index (κ1) is 21.6. The second-order valence-electron chi connectivity index (χ2n) is 7.65. The lowest BCUT2D eigenvalue weighted by Crippen LogP contribution is -2.51. The molecule has 8 heteroatoms. The van der Waals surface area contributed by atoms with Gasteiger partial charge in [-0.15, -0.1) is 0 Å². The fourth-order valence-corrected chi connectivity index (χ4v) is 3.73. The monoisotopic (exact) mass is 415 g/mol. The highest BCUT2D eigenvalue weighted by Gasteiger charge is 2.35. The number of benzene rings is 1. The standard InChI is InChI=1S/C21H25F4NO3/c1-12-7-16-13(8-14(12)9-26-10-15(11-26)21(27)28-2)3-4-18(19(16)24)29-20(25)17(23)5-6-22/h3-4,8,12,15,17,20H,5-7,9-11H2,1-2H3. The van der Waals surface area contributed by atoms with Crippen LogP contribution in [0.5, 0.6) is 5.75 Å². The number of alkyl halides is 3. The van der Waals surface area contributed by atoms with Gasteiger partial charge in [-0.2, -0.15) is 4.39 Å². The highest BCUT2D eigenvalue weighted by atomic mass is 19.2. The molecule has 1 heterocycles. The van der Waals surface area contributed by atoms with Gasteiger partial charge < -0.3 is 9.47 Å². The highest BCUT2D eigenvalue weighted by molar-refractivity contribution is 5.74. The van der Waals surface area contributed by atoms with Gasteiger partial charge in [-0.25, -0.2) is 8.78 Å². The van der Waals surface area contributed by atoms with Crippen LogP contribution in [0.4, 0.5) is 17.6 Å². The van der Waals surface area contributed by atoms with Crippen LogP contribution >= 0.6 is 0 Å². The van der Waals surface area contributed by atoms with Crippen LogP contribution in [-0.4, -0.2) is 56.8 Å². The zero-order valence-electron chi connectivity index (χ0n) is 16.5. The summed E-state index contributed by atoms with van der Waals surface area (Å²) in [6.07, 6.45) is -2.90. The molecule has 1 saturated heterocycles. The maximum Gasteiger partial charge on any atom is 0.311 e. The Morgan fingerprint density at radius 2 is 2.03 bits per heavy atom. The number of rotatable bonds is 8. The average molecular weight is 415 g/mol. The molecule has 0 bridgehead atoms. The van der Waals surface area contributed by atoms with E-state index in [0.717, 1.165) is 5.57 Å². The number of carbonyl (C=O) groups is 1. The van der Waals surface area contributed by atoms with E-state index in [0.29, 0.717) is 37.2 Å². The van der Waals surface area contributed by atoms with Gasteiger partial charge in [-0.1, -0.05) is 24.6 Å². The summed E-state index contributed by atoms with van der Waals surface area (Å²) >= 11 is 0. The van der Waals surface area contributed by atoms with Crippen molar-refractivity contribution in [1.82, 2.24) is 4.90 Å². The van der Waals surface area contributed by atoms with E-state index in [2.05, 4.69) is 4.90 Å². The Kier molecular flexibility index (Phi) is 6.82. The Bertz CT molecular complexity index is 779. The van der Waals surface area contributed by atoms with Crippen LogP contribution in [0.2, 0.25) is 0 Å². The van der Waals surface area contributed by atoms with Gasteiger partial charge in [0.1, 0.15) is 0 Å². The van der Waals surface area contributed by atoms with Crippen molar-refractivity contribution in [3.05, 3.63) is 34.6 Å². The number of halogens is 4. The molecule has 3 rings (SSSR count). The molecule has 1 fully saturated rings. The summed E-state index contributed by atoms with van der Waals surface area (Å²) < 4.78 is 63.6. The fourth-order valence-electron chi connectivity index (χ4n) is 3.73. The highest BCUT2D eigenvalue weighted by Crippen LogP contribution is 2.35. The number of ether oxygens (including phenoxy) is 2. The van der Waals surface area contributed by atoms with E-state index in [9.17, 15) is 22.4 Å². The maximum atomic E-state index is 14.8. The van der Waals surface area contributed by atoms with Gasteiger partial charge in [0.15, 0.2) is 17.7 Å². The first-order valence-corrected chi connectivity index (χ1v) is 9.66. The van der Waals surface area contributed by atoms with Gasteiger partial charge in [-0.3, -0.25) is 14.1 Å². The van der Waals surface area contributed by atoms with Crippen LogP contribution in [0.1, 0.15) is 24.5 Å². The summed E-state index contributed by atoms with van der Waals surface area (Å²) in [4.78, 5) is 13.6. The molecule has 3 unspecified atom stereocenters. The van der Waals surface area contributed by atoms with Crippen LogP contribution in [0, 0.1) is 17.7 Å². The van der Waals surface area contributed by atoms with Gasteiger partial charge in [-0.05, 0) is 29.5 Å². The third-order valence-electron chi connectivity index (χ3n) is 5.53. The van der Waals surface area contributed by atoms with Gasteiger partial charge in [0.2, 0.25) is 0 Å². The number of nitrogens with zero attached hydrogens (tertiary/aromatic N) is 1. The van der Waals surface area contributed by atoms with Gasteiger partial charge >= 0.3 is 5.97 Å². The van der Waals surface area contributed by atoms with Crippen molar-refractivity contribution >= 4 is 12.0 Å². The molecule has 29 heavy (non-hydrogen) atoms. The predicted octanol–water partition coefficient (Wildman–Crippen LogP) is 3.88. The Morgan fingerprint density at radius 3 is 2.69 bits per heavy atom. The third-order valence-corrected chi connectivity index (χ3v) is 5.53. The Hall–Kier alpha value is -2.09. The largest absolute Gasteiger partial charge is 0.469 e. The molecule has 2 aliphatic rings. The number of hydrogen-bond acceptors (Lipinski definition) is 4. The SMILES string of the molecule is COC(=O)C1CN(CC2=Cc3ccc(OC(F)C(F)CCF)c(F)c3CC2C)C1. The molecule has 1 aromatic rings. The van der Waals surface area contributed by atoms with E-state index in [1.807, 2.05) is 13.0 Å². The van der Waals surface area contributed by atoms with Crippen molar-refractivity contribution in [2.75, 3.05) is 33.4 Å². The molecule has 3 atom stereocenters. The molecule has 4 nitrogen and oxygen atoms in total. The Morgan fingerprint density at radius 1 is 1.31 bits per heavy atom. The quantitative estimate of drug-likeness (QED) is 0.477. The molecular formula is C21H25F4NO3. The minimum atomic E-state index is -2.42. The summed E-state index contributed by atoms with van der Waals surface area (Å²) in [5.41, 5.74) is 2.18. The van der Waals surface area contributed by atoms with Crippen molar-refractivity contribution < 1.29 is 31.8 Å². The predicted molar refractivity (Wildman–Crippen MR) is 100 cm³/mol. The van der Waals surface area contributed by atoms with Crippen molar-refractivity contribution in [2.45, 2.75) is 32.3 Å². The molecular weight excluding hydrogens is 390 g/mol. The molecule has 0 aromatic heterocycles. The molecule has 0 amide bonds. The summed E-state index contributed by atoms with van der Waals surface area (Å²) in [6, 6.07) is 2.88. The molecule has 160 valence electrons. The molecule has 0 N–H and O–H groups in total. The molecule has 0 radical (unpaired) electrons. The maximum absolute atomic E-state index is 14.8. The summed E-state index contributed by atoms with van der Waals surface area (Å²) in [6.45, 7) is 2.89. The van der Waals surface area contributed by atoms with E-state index in [1.54, 1.807) is 6.07 Å². The van der Waals surface area contributed by atoms with E-state index >= 15 is 0 Å². The minimum Gasteiger partial charge on any atom is -0.469 e. The lowest BCUT2D eigenvalue weighted by Gasteiger charge is -2.39. The zero-order valence-corrected chi connectivity index (χ0v) is 16.5. The van der Waals surface area contributed by atoms with E-state index < -0.39 is 31.4 Å². The van der Waals surface area contributed by atoms with Crippen LogP contribution in [0.15, 0.2) is 17.7 Å². The molecule has 1 aromatic carbocycles. The topological polar surface area (TPSA) is 38.8 Å². The van der Waals surface area contributed by atoms with Crippen LogP contribution < -0.4 is 4.74 Å². The Balaban J connectivity index is 1.68.